The molecule has 1 aromatic rings. The van der Waals surface area contributed by atoms with E-state index in [-0.39, 0.29) is 11.3 Å². The maximum Gasteiger partial charge on any atom is 0.306 e. The maximum atomic E-state index is 10.4. The van der Waals surface area contributed by atoms with E-state index in [4.69, 9.17) is 4.52 Å². The predicted octanol–water partition coefficient (Wildman–Crippen LogP) is 2.28. The van der Waals surface area contributed by atoms with Gasteiger partial charge in [-0.25, -0.2) is 0 Å². The minimum absolute atomic E-state index is 0.0303. The van der Waals surface area contributed by atoms with Gasteiger partial charge in [0.25, 0.3) is 0 Å². The quantitative estimate of drug-likeness (QED) is 0.357. The van der Waals surface area contributed by atoms with Crippen molar-refractivity contribution in [2.75, 3.05) is 0 Å². The first kappa shape index (κ1) is 11.2. The summed E-state index contributed by atoms with van der Waals surface area (Å²) in [6.45, 7) is 1.03. The van der Waals surface area contributed by atoms with Gasteiger partial charge in [0.2, 0.25) is 0 Å². The Hall–Kier alpha value is -0.270. The topological polar surface area (TPSA) is 70.2 Å². The first-order valence-corrected chi connectivity index (χ1v) is 8.38. The zero-order valence-corrected chi connectivity index (χ0v) is 10.9. The molecule has 1 heterocycles. The fourth-order valence-electron chi connectivity index (χ4n) is 1.34. The van der Waals surface area contributed by atoms with Crippen LogP contribution in [-0.2, 0) is 11.1 Å². The number of hydrogen-bond donors (Lipinski definition) is 0. The van der Waals surface area contributed by atoms with Crippen LogP contribution in [0.3, 0.4) is 0 Å². The van der Waals surface area contributed by atoms with E-state index in [1.54, 1.807) is 4.68 Å². The highest BCUT2D eigenvalue weighted by atomic mass is 127. The molecule has 0 bridgehead atoms. The first-order chi connectivity index (χ1) is 7.15. The van der Waals surface area contributed by atoms with E-state index in [2.05, 4.69) is 27.1 Å². The van der Waals surface area contributed by atoms with Gasteiger partial charge >= 0.3 is 5.69 Å². The third-order valence-electron chi connectivity index (χ3n) is 2.34. The van der Waals surface area contributed by atoms with Gasteiger partial charge in [-0.1, -0.05) is 0 Å². The number of nitro groups is 1. The summed E-state index contributed by atoms with van der Waals surface area (Å²) in [5.41, 5.74) is -0.0813. The van der Waals surface area contributed by atoms with Crippen LogP contribution < -0.4 is 0 Å². The molecule has 0 saturated heterocycles. The van der Waals surface area contributed by atoms with Gasteiger partial charge in [-0.3, -0.25) is 14.8 Å². The zero-order valence-electron chi connectivity index (χ0n) is 7.72. The molecule has 1 aliphatic carbocycles. The van der Waals surface area contributed by atoms with Crippen LogP contribution in [0.5, 0.6) is 0 Å². The Kier molecular flexibility index (Phi) is 3.22. The molecule has 0 amide bonds. The molecule has 82 valence electrons. The lowest BCUT2D eigenvalue weighted by Gasteiger charge is -2.13. The van der Waals surface area contributed by atoms with Gasteiger partial charge < -0.3 is 4.52 Å². The Balaban J connectivity index is 2.02. The summed E-state index contributed by atoms with van der Waals surface area (Å²) in [7, 11) is 0. The molecule has 0 aromatic carbocycles. The molecule has 0 radical (unpaired) electrons. The van der Waals surface area contributed by atoms with Crippen molar-refractivity contribution in [3.63, 3.8) is 0 Å². The normalized spacial score (nSPS) is 18.5. The lowest BCUT2D eigenvalue weighted by Crippen LogP contribution is -2.18. The number of nitrogens with zero attached hydrogens (tertiary/aromatic N) is 3. The van der Waals surface area contributed by atoms with E-state index < -0.39 is 4.92 Å². The van der Waals surface area contributed by atoms with Crippen LogP contribution in [0.4, 0.5) is 5.69 Å². The molecular weight excluding hydrogens is 332 g/mol. The summed E-state index contributed by atoms with van der Waals surface area (Å²) in [5, 5.41) is 14.4. The van der Waals surface area contributed by atoms with Crippen LogP contribution in [0.2, 0.25) is 0 Å². The van der Waals surface area contributed by atoms with E-state index in [9.17, 15) is 10.1 Å². The van der Waals surface area contributed by atoms with Gasteiger partial charge in [0.15, 0.2) is 0 Å². The molecule has 0 N–H and O–H groups in total. The predicted molar refractivity (Wildman–Crippen MR) is 64.3 cm³/mol. The summed E-state index contributed by atoms with van der Waals surface area (Å²) < 4.78 is 7.18. The smallest absolute Gasteiger partial charge is 0.306 e. The Morgan fingerprint density at radius 1 is 1.80 bits per heavy atom. The van der Waals surface area contributed by atoms with Crippen molar-refractivity contribution in [1.82, 2.24) is 9.78 Å². The van der Waals surface area contributed by atoms with Crippen LogP contribution in [0.25, 0.3) is 0 Å². The van der Waals surface area contributed by atoms with Gasteiger partial charge in [-0.2, -0.15) is 5.10 Å². The van der Waals surface area contributed by atoms with E-state index in [0.717, 1.165) is 12.8 Å². The third-order valence-corrected chi connectivity index (χ3v) is 3.51. The van der Waals surface area contributed by atoms with Gasteiger partial charge in [0.1, 0.15) is 12.4 Å². The Labute approximate surface area is 101 Å². The van der Waals surface area contributed by atoms with Crippen molar-refractivity contribution in [1.29, 1.82) is 0 Å². The summed E-state index contributed by atoms with van der Waals surface area (Å²) in [6, 6.07) is 0. The zero-order chi connectivity index (χ0) is 10.9. The molecule has 6 nitrogen and oxygen atoms in total. The van der Waals surface area contributed by atoms with Crippen LogP contribution in [-0.4, -0.2) is 20.3 Å². The molecule has 0 aliphatic heterocycles. The Morgan fingerprint density at radius 2 is 2.53 bits per heavy atom. The molecule has 15 heavy (non-hydrogen) atoms. The fraction of sp³-hybridized carbons (Fsp3) is 0.571. The van der Waals surface area contributed by atoms with Gasteiger partial charge in [0, 0.05) is 0 Å². The highest BCUT2D eigenvalue weighted by Gasteiger charge is 2.44. The minimum Gasteiger partial charge on any atom is -0.343 e. The van der Waals surface area contributed by atoms with Crippen LogP contribution in [0.15, 0.2) is 12.4 Å². The molecule has 0 spiro atoms. The van der Waals surface area contributed by atoms with Crippen LogP contribution >= 0.6 is 28.5 Å². The summed E-state index contributed by atoms with van der Waals surface area (Å²) in [4.78, 5) is 10.0. The van der Waals surface area contributed by atoms with Crippen molar-refractivity contribution in [2.24, 2.45) is 0 Å². The molecule has 1 unspecified atom stereocenters. The highest BCUT2D eigenvalue weighted by Crippen LogP contribution is 2.47. The third kappa shape index (κ3) is 2.64. The SMILES string of the molecule is O=[N+]([O-])c1cnn(CC2(OPI)CC2)c1. The van der Waals surface area contributed by atoms with Crippen LogP contribution in [0, 0.1) is 10.1 Å². The van der Waals surface area contributed by atoms with E-state index in [1.165, 1.54) is 12.4 Å². The Bertz CT molecular complexity index is 379. The second-order valence-corrected chi connectivity index (χ2v) is 5.20. The summed E-state index contributed by atoms with van der Waals surface area (Å²) >= 11 is 2.18. The van der Waals surface area contributed by atoms with Gasteiger partial charge in [-0.15, -0.1) is 0 Å². The number of aromatic nitrogens is 2. The van der Waals surface area contributed by atoms with E-state index >= 15 is 0 Å². The average molecular weight is 341 g/mol. The molecule has 1 atom stereocenters. The lowest BCUT2D eigenvalue weighted by atomic mass is 10.3. The molecule has 8 heteroatoms. The molecule has 1 fully saturated rings. The monoisotopic (exact) mass is 341 g/mol. The number of hydrogen-bond acceptors (Lipinski definition) is 4. The molecule has 1 saturated carbocycles. The average Bonchev–Trinajstić information content (AvgIpc) is 2.77. The van der Waals surface area contributed by atoms with Crippen molar-refractivity contribution in [2.45, 2.75) is 25.0 Å². The van der Waals surface area contributed by atoms with Crippen molar-refractivity contribution in [3.8, 4) is 0 Å². The number of rotatable bonds is 5. The van der Waals surface area contributed by atoms with E-state index in [0.29, 0.717) is 13.0 Å². The summed E-state index contributed by atoms with van der Waals surface area (Å²) in [6.07, 6.45) is 4.73. The molecule has 2 rings (SSSR count). The summed E-state index contributed by atoms with van der Waals surface area (Å²) in [5.74, 6) is 0. The van der Waals surface area contributed by atoms with E-state index in [1.807, 2.05) is 0 Å². The second kappa shape index (κ2) is 4.31. The Morgan fingerprint density at radius 3 is 3.00 bits per heavy atom. The molecular formula is C7H9IN3O3P. The van der Waals surface area contributed by atoms with Crippen LogP contribution in [0.1, 0.15) is 12.8 Å². The van der Waals surface area contributed by atoms with Crippen molar-refractivity contribution >= 4 is 34.2 Å². The van der Waals surface area contributed by atoms with Gasteiger partial charge in [-0.05, 0) is 34.9 Å². The van der Waals surface area contributed by atoms with Gasteiger partial charge in [0.05, 0.1) is 23.5 Å². The molecule has 1 aromatic heterocycles. The first-order valence-electron chi connectivity index (χ1n) is 4.36. The standard InChI is InChI=1S/C7H9IN3O3P/c8-15-14-7(1-2-7)5-10-4-6(3-9-10)11(12)13/h3-4,15H,1-2,5H2. The fourth-order valence-corrected chi connectivity index (χ4v) is 3.18. The molecule has 1 aliphatic rings. The maximum absolute atomic E-state index is 10.4. The van der Waals surface area contributed by atoms with Crippen molar-refractivity contribution < 1.29 is 9.45 Å². The lowest BCUT2D eigenvalue weighted by molar-refractivity contribution is -0.385. The minimum atomic E-state index is -0.440. The van der Waals surface area contributed by atoms with Crippen molar-refractivity contribution in [3.05, 3.63) is 22.5 Å². The largest absolute Gasteiger partial charge is 0.343 e. The number of halogens is 1. The second-order valence-electron chi connectivity index (χ2n) is 3.52. The highest BCUT2D eigenvalue weighted by molar-refractivity contribution is 14.2.